The number of carbonyl (C=O) groups is 1. The minimum Gasteiger partial charge on any atom is -0.307 e. The molecule has 0 unspecified atom stereocenters. The lowest BCUT2D eigenvalue weighted by Crippen LogP contribution is -2.12. The zero-order valence-corrected chi connectivity index (χ0v) is 13.2. The molecule has 0 radical (unpaired) electrons. The normalized spacial score (nSPS) is 10.7. The number of carbonyl (C=O) groups excluding carboxylic acids is 1. The Morgan fingerprint density at radius 1 is 1.00 bits per heavy atom. The van der Waals surface area contributed by atoms with Gasteiger partial charge in [-0.2, -0.15) is 0 Å². The van der Waals surface area contributed by atoms with E-state index in [4.69, 9.17) is 0 Å². The van der Waals surface area contributed by atoms with Crippen LogP contribution in [0.1, 0.15) is 10.4 Å². The van der Waals surface area contributed by atoms with E-state index in [9.17, 15) is 4.79 Å². The maximum atomic E-state index is 12.2. The number of nitrogens with zero attached hydrogens (tertiary/aromatic N) is 4. The van der Waals surface area contributed by atoms with Gasteiger partial charge in [-0.1, -0.05) is 0 Å². The Bertz CT molecular complexity index is 1000. The van der Waals surface area contributed by atoms with Crippen LogP contribution >= 0.6 is 11.3 Å². The number of hydrogen-bond acceptors (Lipinski definition) is 6. The van der Waals surface area contributed by atoms with Crippen molar-refractivity contribution >= 4 is 34.0 Å². The van der Waals surface area contributed by atoms with E-state index < -0.39 is 0 Å². The van der Waals surface area contributed by atoms with Crippen molar-refractivity contribution in [1.29, 1.82) is 0 Å². The summed E-state index contributed by atoms with van der Waals surface area (Å²) in [5.41, 5.74) is 4.07. The minimum atomic E-state index is -0.226. The van der Waals surface area contributed by atoms with E-state index in [1.807, 2.05) is 12.1 Å². The number of anilines is 1. The Morgan fingerprint density at radius 3 is 2.67 bits per heavy atom. The number of amides is 1. The number of fused-ring (bicyclic) bond motifs is 1. The van der Waals surface area contributed by atoms with Crippen molar-refractivity contribution in [3.05, 3.63) is 66.3 Å². The number of rotatable bonds is 3. The minimum absolute atomic E-state index is 0.226. The molecule has 0 aliphatic rings. The van der Waals surface area contributed by atoms with Crippen molar-refractivity contribution in [3.63, 3.8) is 0 Å². The molecule has 0 saturated carbocycles. The second-order valence-electron chi connectivity index (χ2n) is 5.04. The fourth-order valence-corrected chi connectivity index (χ4v) is 2.89. The molecule has 24 heavy (non-hydrogen) atoms. The van der Waals surface area contributed by atoms with Crippen LogP contribution in [-0.2, 0) is 0 Å². The zero-order valence-electron chi connectivity index (χ0n) is 12.4. The van der Waals surface area contributed by atoms with Gasteiger partial charge in [0.05, 0.1) is 22.1 Å². The first-order chi connectivity index (χ1) is 11.8. The summed E-state index contributed by atoms with van der Waals surface area (Å²) in [5, 5.41) is 3.69. The molecule has 116 valence electrons. The van der Waals surface area contributed by atoms with Crippen molar-refractivity contribution in [2.45, 2.75) is 0 Å². The summed E-state index contributed by atoms with van der Waals surface area (Å²) in [6, 6.07) is 7.13. The van der Waals surface area contributed by atoms with Crippen LogP contribution in [0, 0.1) is 0 Å². The molecule has 0 saturated heterocycles. The van der Waals surface area contributed by atoms with Crippen LogP contribution in [0.2, 0.25) is 0 Å². The van der Waals surface area contributed by atoms with Gasteiger partial charge in [0.2, 0.25) is 0 Å². The molecule has 1 amide bonds. The molecule has 4 aromatic heterocycles. The molecular weight excluding hydrogens is 322 g/mol. The Morgan fingerprint density at radius 2 is 1.88 bits per heavy atom. The molecule has 0 bridgehead atoms. The monoisotopic (exact) mass is 333 g/mol. The van der Waals surface area contributed by atoms with E-state index in [1.54, 1.807) is 60.0 Å². The summed E-state index contributed by atoms with van der Waals surface area (Å²) >= 11 is 1.55. The van der Waals surface area contributed by atoms with E-state index in [2.05, 4.69) is 25.3 Å². The second-order valence-corrected chi connectivity index (χ2v) is 5.93. The van der Waals surface area contributed by atoms with Gasteiger partial charge >= 0.3 is 0 Å². The maximum Gasteiger partial charge on any atom is 0.256 e. The van der Waals surface area contributed by atoms with E-state index in [0.717, 1.165) is 21.3 Å². The van der Waals surface area contributed by atoms with Crippen LogP contribution in [0.4, 0.5) is 5.82 Å². The van der Waals surface area contributed by atoms with Crippen molar-refractivity contribution in [2.75, 3.05) is 5.32 Å². The van der Waals surface area contributed by atoms with Gasteiger partial charge in [-0.05, 0) is 24.3 Å². The highest BCUT2D eigenvalue weighted by Crippen LogP contribution is 2.26. The summed E-state index contributed by atoms with van der Waals surface area (Å²) in [5.74, 6) is 0.253. The Hall–Kier alpha value is -3.19. The summed E-state index contributed by atoms with van der Waals surface area (Å²) in [7, 11) is 0. The second kappa shape index (κ2) is 6.13. The lowest BCUT2D eigenvalue weighted by Gasteiger charge is -2.06. The molecule has 7 heteroatoms. The molecule has 0 spiro atoms. The molecule has 0 atom stereocenters. The smallest absolute Gasteiger partial charge is 0.256 e. The van der Waals surface area contributed by atoms with Gasteiger partial charge in [0.1, 0.15) is 5.82 Å². The Balaban J connectivity index is 1.66. The molecule has 4 heterocycles. The largest absolute Gasteiger partial charge is 0.307 e. The molecule has 4 aromatic rings. The summed E-state index contributed by atoms with van der Waals surface area (Å²) in [6.07, 6.45) is 8.41. The van der Waals surface area contributed by atoms with Gasteiger partial charge in [-0.15, -0.1) is 11.3 Å². The topological polar surface area (TPSA) is 80.7 Å². The summed E-state index contributed by atoms with van der Waals surface area (Å²) < 4.78 is 0. The first kappa shape index (κ1) is 14.4. The first-order valence-electron chi connectivity index (χ1n) is 7.16. The van der Waals surface area contributed by atoms with E-state index in [0.29, 0.717) is 11.4 Å². The summed E-state index contributed by atoms with van der Waals surface area (Å²) in [6.45, 7) is 0. The maximum absolute atomic E-state index is 12.2. The zero-order chi connectivity index (χ0) is 16.4. The number of aromatic nitrogens is 4. The average Bonchev–Trinajstić information content (AvgIpc) is 3.16. The highest BCUT2D eigenvalue weighted by Gasteiger charge is 2.08. The molecule has 0 aliphatic heterocycles. The highest BCUT2D eigenvalue weighted by molar-refractivity contribution is 7.13. The van der Waals surface area contributed by atoms with Gasteiger partial charge in [0.25, 0.3) is 5.91 Å². The van der Waals surface area contributed by atoms with E-state index in [-0.39, 0.29) is 5.91 Å². The molecule has 0 fully saturated rings. The molecule has 4 rings (SSSR count). The molecule has 0 aliphatic carbocycles. The molecule has 6 nitrogen and oxygen atoms in total. The predicted molar refractivity (Wildman–Crippen MR) is 92.8 cm³/mol. The fourth-order valence-electron chi connectivity index (χ4n) is 2.28. The van der Waals surface area contributed by atoms with Crippen LogP contribution in [0.5, 0.6) is 0 Å². The van der Waals surface area contributed by atoms with E-state index >= 15 is 0 Å². The van der Waals surface area contributed by atoms with Crippen LogP contribution in [0.25, 0.3) is 21.3 Å². The third kappa shape index (κ3) is 2.84. The lowest BCUT2D eigenvalue weighted by atomic mass is 10.2. The molecule has 1 N–H and O–H groups in total. The van der Waals surface area contributed by atoms with Crippen molar-refractivity contribution in [1.82, 2.24) is 19.9 Å². The predicted octanol–water partition coefficient (Wildman–Crippen LogP) is 3.40. The highest BCUT2D eigenvalue weighted by atomic mass is 32.1. The van der Waals surface area contributed by atoms with Gasteiger partial charge in [0.15, 0.2) is 0 Å². The average molecular weight is 333 g/mol. The standard InChI is InChI=1S/C17H11N5OS/c23-17(11-1-3-18-4-2-11)22-16-6-12-5-13(15-9-19-10-24-15)7-20-14(12)8-21-16/h1-10H,(H,21,22,23). The first-order valence-corrected chi connectivity index (χ1v) is 8.03. The summed E-state index contributed by atoms with van der Waals surface area (Å²) in [4.78, 5) is 29.9. The fraction of sp³-hybridized carbons (Fsp3) is 0. The lowest BCUT2D eigenvalue weighted by molar-refractivity contribution is 0.102. The molecular formula is C17H11N5OS. The third-order valence-corrected chi connectivity index (χ3v) is 4.29. The number of nitrogens with one attached hydrogen (secondary N) is 1. The molecule has 0 aromatic carbocycles. The van der Waals surface area contributed by atoms with E-state index in [1.165, 1.54) is 0 Å². The van der Waals surface area contributed by atoms with Crippen LogP contribution in [0.3, 0.4) is 0 Å². The van der Waals surface area contributed by atoms with Crippen LogP contribution in [-0.4, -0.2) is 25.8 Å². The number of hydrogen-bond donors (Lipinski definition) is 1. The number of thiazole rings is 1. The van der Waals surface area contributed by atoms with Gasteiger partial charge in [0, 0.05) is 41.3 Å². The number of pyridine rings is 3. The van der Waals surface area contributed by atoms with Gasteiger partial charge < -0.3 is 5.32 Å². The van der Waals surface area contributed by atoms with Gasteiger partial charge in [-0.25, -0.2) is 4.98 Å². The SMILES string of the molecule is O=C(Nc1cc2cc(-c3cncs3)cnc2cn1)c1ccncc1. The Labute approximate surface area is 141 Å². The quantitative estimate of drug-likeness (QED) is 0.621. The third-order valence-electron chi connectivity index (χ3n) is 3.47. The van der Waals surface area contributed by atoms with Gasteiger partial charge in [-0.3, -0.25) is 19.7 Å². The Kier molecular flexibility index (Phi) is 3.68. The van der Waals surface area contributed by atoms with Crippen molar-refractivity contribution in [3.8, 4) is 10.4 Å². The van der Waals surface area contributed by atoms with Crippen LogP contribution < -0.4 is 5.32 Å². The van der Waals surface area contributed by atoms with Crippen LogP contribution in [0.15, 0.2) is 60.8 Å². The van der Waals surface area contributed by atoms with Crippen molar-refractivity contribution in [2.24, 2.45) is 0 Å². The van der Waals surface area contributed by atoms with Crippen molar-refractivity contribution < 1.29 is 4.79 Å².